The van der Waals surface area contributed by atoms with Crippen molar-refractivity contribution in [3.05, 3.63) is 0 Å². The summed E-state index contributed by atoms with van der Waals surface area (Å²) in [5.41, 5.74) is 0. The second-order valence-electron chi connectivity index (χ2n) is 2.94. The molecule has 0 amide bonds. The smallest absolute Gasteiger partial charge is 0.308 e. The Bertz CT molecular complexity index is 147. The van der Waals surface area contributed by atoms with E-state index in [0.717, 1.165) is 0 Å². The van der Waals surface area contributed by atoms with Crippen molar-refractivity contribution in [1.29, 1.82) is 0 Å². The molecule has 0 aliphatic carbocycles. The summed E-state index contributed by atoms with van der Waals surface area (Å²) in [4.78, 5) is 10.7. The molecular formula is C9H18O4. The van der Waals surface area contributed by atoms with E-state index in [-0.39, 0.29) is 12.5 Å². The Balaban J connectivity index is 3.60. The van der Waals surface area contributed by atoms with E-state index >= 15 is 0 Å². The lowest BCUT2D eigenvalue weighted by Crippen LogP contribution is -2.21. The molecule has 4 nitrogen and oxygen atoms in total. The topological polar surface area (TPSA) is 55.8 Å². The first kappa shape index (κ1) is 12.4. The van der Waals surface area contributed by atoms with Gasteiger partial charge in [-0.25, -0.2) is 0 Å². The van der Waals surface area contributed by atoms with Crippen LogP contribution in [-0.4, -0.2) is 37.0 Å². The van der Waals surface area contributed by atoms with Crippen LogP contribution in [0.4, 0.5) is 0 Å². The lowest BCUT2D eigenvalue weighted by molar-refractivity contribution is -0.143. The molecule has 0 saturated heterocycles. The van der Waals surface area contributed by atoms with E-state index in [1.54, 1.807) is 0 Å². The zero-order chi connectivity index (χ0) is 10.3. The first-order valence-corrected chi connectivity index (χ1v) is 4.46. The van der Waals surface area contributed by atoms with Crippen molar-refractivity contribution in [3.8, 4) is 0 Å². The van der Waals surface area contributed by atoms with Crippen LogP contribution in [0.1, 0.15) is 26.7 Å². The monoisotopic (exact) mass is 190 g/mol. The van der Waals surface area contributed by atoms with Gasteiger partial charge in [-0.15, -0.1) is 0 Å². The van der Waals surface area contributed by atoms with Gasteiger partial charge < -0.3 is 14.6 Å². The van der Waals surface area contributed by atoms with Gasteiger partial charge in [-0.05, 0) is 20.3 Å². The largest absolute Gasteiger partial charge is 0.469 e. The lowest BCUT2D eigenvalue weighted by atomic mass is 10.1. The summed E-state index contributed by atoms with van der Waals surface area (Å²) in [6.07, 6.45) is -0.199. The van der Waals surface area contributed by atoms with Gasteiger partial charge in [-0.2, -0.15) is 0 Å². The fourth-order valence-electron chi connectivity index (χ4n) is 1.09. The van der Waals surface area contributed by atoms with Gasteiger partial charge in [0.15, 0.2) is 0 Å². The van der Waals surface area contributed by atoms with Crippen molar-refractivity contribution in [1.82, 2.24) is 0 Å². The number of aliphatic hydroxyl groups excluding tert-OH is 1. The molecule has 0 spiro atoms. The summed E-state index contributed by atoms with van der Waals surface area (Å²) in [5.74, 6) is -0.392. The molecule has 0 aliphatic rings. The Morgan fingerprint density at radius 3 is 2.62 bits per heavy atom. The maximum Gasteiger partial charge on any atom is 0.308 e. The van der Waals surface area contributed by atoms with Crippen molar-refractivity contribution >= 4 is 5.97 Å². The van der Waals surface area contributed by atoms with Gasteiger partial charge in [0.2, 0.25) is 0 Å². The average molecular weight is 190 g/mol. The third kappa shape index (κ3) is 6.54. The van der Waals surface area contributed by atoms with Crippen molar-refractivity contribution in [2.75, 3.05) is 13.7 Å². The second-order valence-corrected chi connectivity index (χ2v) is 2.94. The molecule has 0 bridgehead atoms. The number of hydrogen-bond donors (Lipinski definition) is 1. The second kappa shape index (κ2) is 6.86. The Morgan fingerprint density at radius 2 is 2.15 bits per heavy atom. The molecule has 0 rings (SSSR count). The van der Waals surface area contributed by atoms with Crippen LogP contribution in [0.15, 0.2) is 0 Å². The van der Waals surface area contributed by atoms with Crippen LogP contribution < -0.4 is 0 Å². The molecule has 0 heterocycles. The van der Waals surface area contributed by atoms with Gasteiger partial charge in [0, 0.05) is 6.61 Å². The number of methoxy groups -OCH3 is 1. The molecule has 1 N–H and O–H groups in total. The minimum Gasteiger partial charge on any atom is -0.469 e. The molecule has 0 aromatic rings. The van der Waals surface area contributed by atoms with Crippen molar-refractivity contribution in [2.45, 2.75) is 38.9 Å². The highest BCUT2D eigenvalue weighted by atomic mass is 16.5. The Morgan fingerprint density at radius 1 is 1.54 bits per heavy atom. The molecule has 78 valence electrons. The van der Waals surface area contributed by atoms with Crippen LogP contribution in [0.25, 0.3) is 0 Å². The minimum absolute atomic E-state index is 0.0235. The maximum absolute atomic E-state index is 10.7. The van der Waals surface area contributed by atoms with E-state index in [4.69, 9.17) is 4.74 Å². The zero-order valence-corrected chi connectivity index (χ0v) is 8.45. The summed E-state index contributed by atoms with van der Waals surface area (Å²) in [7, 11) is 1.31. The van der Waals surface area contributed by atoms with E-state index < -0.39 is 12.1 Å². The van der Waals surface area contributed by atoms with Crippen molar-refractivity contribution in [3.63, 3.8) is 0 Å². The average Bonchev–Trinajstić information content (AvgIpc) is 2.04. The van der Waals surface area contributed by atoms with Crippen molar-refractivity contribution in [2.24, 2.45) is 0 Å². The molecule has 0 radical (unpaired) electrons. The quantitative estimate of drug-likeness (QED) is 0.627. The van der Waals surface area contributed by atoms with E-state index in [0.29, 0.717) is 13.0 Å². The predicted octanol–water partition coefficient (Wildman–Crippen LogP) is 0.726. The summed E-state index contributed by atoms with van der Waals surface area (Å²) >= 11 is 0. The molecule has 2 atom stereocenters. The van der Waals surface area contributed by atoms with Gasteiger partial charge in [0.1, 0.15) is 0 Å². The maximum atomic E-state index is 10.7. The molecular weight excluding hydrogens is 172 g/mol. The van der Waals surface area contributed by atoms with E-state index in [1.165, 1.54) is 7.11 Å². The van der Waals surface area contributed by atoms with Crippen LogP contribution in [-0.2, 0) is 14.3 Å². The Labute approximate surface area is 78.8 Å². The number of hydrogen-bond acceptors (Lipinski definition) is 4. The highest BCUT2D eigenvalue weighted by Gasteiger charge is 2.14. The van der Waals surface area contributed by atoms with Crippen LogP contribution in [0, 0.1) is 0 Å². The van der Waals surface area contributed by atoms with Crippen LogP contribution in [0.5, 0.6) is 0 Å². The normalized spacial score (nSPS) is 15.1. The van der Waals surface area contributed by atoms with Gasteiger partial charge in [0.05, 0.1) is 25.7 Å². The summed E-state index contributed by atoms with van der Waals surface area (Å²) in [5, 5.41) is 9.37. The predicted molar refractivity (Wildman–Crippen MR) is 48.3 cm³/mol. The summed E-state index contributed by atoms with van der Waals surface area (Å²) in [6, 6.07) is 0. The standard InChI is InChI=1S/C9H18O4/c1-4-13-7(2)5-8(10)6-9(11)12-3/h7-8,10H,4-6H2,1-3H3. The fourth-order valence-corrected chi connectivity index (χ4v) is 1.09. The number of esters is 1. The van der Waals surface area contributed by atoms with Crippen molar-refractivity contribution < 1.29 is 19.4 Å². The van der Waals surface area contributed by atoms with Gasteiger partial charge in [-0.3, -0.25) is 4.79 Å². The highest BCUT2D eigenvalue weighted by Crippen LogP contribution is 2.06. The third-order valence-electron chi connectivity index (χ3n) is 1.69. The summed E-state index contributed by atoms with van der Waals surface area (Å²) < 4.78 is 9.64. The number of rotatable bonds is 6. The SMILES string of the molecule is CCOC(C)CC(O)CC(=O)OC. The molecule has 0 fully saturated rings. The molecule has 0 aromatic carbocycles. The molecule has 0 saturated carbocycles. The van der Waals surface area contributed by atoms with E-state index in [9.17, 15) is 9.90 Å². The molecule has 13 heavy (non-hydrogen) atoms. The lowest BCUT2D eigenvalue weighted by Gasteiger charge is -2.15. The molecule has 4 heteroatoms. The highest BCUT2D eigenvalue weighted by molar-refractivity contribution is 5.69. The number of ether oxygens (including phenoxy) is 2. The fraction of sp³-hybridized carbons (Fsp3) is 0.889. The number of carbonyl (C=O) groups excluding carboxylic acids is 1. The third-order valence-corrected chi connectivity index (χ3v) is 1.69. The van der Waals surface area contributed by atoms with E-state index in [2.05, 4.69) is 4.74 Å². The minimum atomic E-state index is -0.672. The zero-order valence-electron chi connectivity index (χ0n) is 8.45. The van der Waals surface area contributed by atoms with Gasteiger partial charge in [0.25, 0.3) is 0 Å². The number of aliphatic hydroxyl groups is 1. The number of carbonyl (C=O) groups is 1. The summed E-state index contributed by atoms with van der Waals surface area (Å²) in [6.45, 7) is 4.37. The van der Waals surface area contributed by atoms with Gasteiger partial charge in [-0.1, -0.05) is 0 Å². The Hall–Kier alpha value is -0.610. The van der Waals surface area contributed by atoms with Gasteiger partial charge >= 0.3 is 5.97 Å². The molecule has 2 unspecified atom stereocenters. The Kier molecular flexibility index (Phi) is 6.54. The molecule has 0 aliphatic heterocycles. The van der Waals surface area contributed by atoms with Crippen LogP contribution in [0.3, 0.4) is 0 Å². The van der Waals surface area contributed by atoms with Crippen LogP contribution in [0.2, 0.25) is 0 Å². The van der Waals surface area contributed by atoms with Crippen LogP contribution >= 0.6 is 0 Å². The van der Waals surface area contributed by atoms with E-state index in [1.807, 2.05) is 13.8 Å². The first-order chi connectivity index (χ1) is 6.10. The molecule has 0 aromatic heterocycles. The first-order valence-electron chi connectivity index (χ1n) is 4.46.